The first-order chi connectivity index (χ1) is 13.5. The molecule has 2 aromatic carbocycles. The van der Waals surface area contributed by atoms with Gasteiger partial charge in [-0.05, 0) is 43.2 Å². The molecule has 1 N–H and O–H groups in total. The van der Waals surface area contributed by atoms with Crippen LogP contribution in [0.3, 0.4) is 0 Å². The highest BCUT2D eigenvalue weighted by molar-refractivity contribution is 5.87. The van der Waals surface area contributed by atoms with Gasteiger partial charge < -0.3 is 14.5 Å². The van der Waals surface area contributed by atoms with E-state index >= 15 is 0 Å². The van der Waals surface area contributed by atoms with Crippen LogP contribution in [0.4, 0.5) is 0 Å². The number of ether oxygens (including phenoxy) is 2. The van der Waals surface area contributed by atoms with Gasteiger partial charge in [-0.3, -0.25) is 10.1 Å². The summed E-state index contributed by atoms with van der Waals surface area (Å²) in [4.78, 5) is 27.2. The number of benzene rings is 2. The third kappa shape index (κ3) is 3.55. The van der Waals surface area contributed by atoms with Gasteiger partial charge in [-0.2, -0.15) is 0 Å². The van der Waals surface area contributed by atoms with Gasteiger partial charge in [0.25, 0.3) is 0 Å². The van der Waals surface area contributed by atoms with E-state index in [2.05, 4.69) is 4.98 Å². The summed E-state index contributed by atoms with van der Waals surface area (Å²) < 4.78 is 10.2. The van der Waals surface area contributed by atoms with E-state index in [0.717, 1.165) is 22.2 Å². The number of nitro groups is 1. The summed E-state index contributed by atoms with van der Waals surface area (Å²) >= 11 is 0. The summed E-state index contributed by atoms with van der Waals surface area (Å²) in [7, 11) is 1.55. The highest BCUT2D eigenvalue weighted by atomic mass is 16.6. The molecule has 28 heavy (non-hydrogen) atoms. The summed E-state index contributed by atoms with van der Waals surface area (Å²) in [6, 6.07) is 13.0. The lowest BCUT2D eigenvalue weighted by Crippen LogP contribution is -2.38. The zero-order valence-corrected chi connectivity index (χ0v) is 16.0. The van der Waals surface area contributed by atoms with E-state index in [0.29, 0.717) is 11.3 Å². The number of aryl methyl sites for hydroxylation is 1. The van der Waals surface area contributed by atoms with Crippen molar-refractivity contribution in [3.05, 3.63) is 75.5 Å². The average molecular weight is 382 g/mol. The smallest absolute Gasteiger partial charge is 0.382 e. The maximum absolute atomic E-state index is 12.6. The van der Waals surface area contributed by atoms with Crippen LogP contribution in [0.25, 0.3) is 10.9 Å². The van der Waals surface area contributed by atoms with E-state index in [1.54, 1.807) is 38.3 Å². The number of rotatable bonds is 7. The summed E-state index contributed by atoms with van der Waals surface area (Å²) in [6.45, 7) is 3.56. The van der Waals surface area contributed by atoms with Gasteiger partial charge in [0.15, 0.2) is 0 Å². The van der Waals surface area contributed by atoms with Crippen molar-refractivity contribution in [2.24, 2.45) is 0 Å². The van der Waals surface area contributed by atoms with Gasteiger partial charge in [0, 0.05) is 21.5 Å². The molecule has 7 heteroatoms. The second-order valence-corrected chi connectivity index (χ2v) is 6.44. The molecule has 2 atom stereocenters. The molecule has 0 fully saturated rings. The molecule has 0 aliphatic heterocycles. The van der Waals surface area contributed by atoms with E-state index in [4.69, 9.17) is 9.47 Å². The predicted octanol–water partition coefficient (Wildman–Crippen LogP) is 3.83. The first-order valence-electron chi connectivity index (χ1n) is 8.99. The number of para-hydroxylation sites is 1. The molecule has 146 valence electrons. The Morgan fingerprint density at radius 2 is 1.86 bits per heavy atom. The van der Waals surface area contributed by atoms with Gasteiger partial charge in [-0.25, -0.2) is 4.79 Å². The molecule has 0 aliphatic carbocycles. The van der Waals surface area contributed by atoms with Crippen molar-refractivity contribution in [1.29, 1.82) is 0 Å². The molecule has 0 amide bonds. The summed E-state index contributed by atoms with van der Waals surface area (Å²) in [5.41, 5.74) is 3.00. The lowest BCUT2D eigenvalue weighted by atomic mass is 9.83. The zero-order chi connectivity index (χ0) is 20.3. The van der Waals surface area contributed by atoms with Crippen LogP contribution in [0.5, 0.6) is 5.75 Å². The lowest BCUT2D eigenvalue weighted by Gasteiger charge is -2.21. The first kappa shape index (κ1) is 19.4. The fourth-order valence-corrected chi connectivity index (χ4v) is 3.59. The number of nitrogens with zero attached hydrogens (tertiary/aromatic N) is 1. The van der Waals surface area contributed by atoms with E-state index in [1.807, 2.05) is 31.2 Å². The van der Waals surface area contributed by atoms with Crippen LogP contribution >= 0.6 is 0 Å². The molecular formula is C21H22N2O5. The number of methoxy groups -OCH3 is 1. The fourth-order valence-electron chi connectivity index (χ4n) is 3.59. The maximum atomic E-state index is 12.6. The number of fused-ring (bicyclic) bond motifs is 1. The van der Waals surface area contributed by atoms with Crippen molar-refractivity contribution in [3.63, 3.8) is 0 Å². The molecule has 1 heterocycles. The Morgan fingerprint density at radius 3 is 2.46 bits per heavy atom. The van der Waals surface area contributed by atoms with Crippen LogP contribution in [0.2, 0.25) is 0 Å². The number of carbonyl (C=O) groups excluding carboxylic acids is 1. The first-order valence-corrected chi connectivity index (χ1v) is 8.99. The van der Waals surface area contributed by atoms with Crippen LogP contribution in [0.1, 0.15) is 29.7 Å². The van der Waals surface area contributed by atoms with Crippen LogP contribution in [0.15, 0.2) is 48.5 Å². The van der Waals surface area contributed by atoms with Crippen molar-refractivity contribution in [1.82, 2.24) is 4.98 Å². The second-order valence-electron chi connectivity index (χ2n) is 6.44. The molecule has 3 aromatic rings. The minimum absolute atomic E-state index is 0.0748. The van der Waals surface area contributed by atoms with Crippen molar-refractivity contribution in [2.45, 2.75) is 25.8 Å². The molecular weight excluding hydrogens is 360 g/mol. The third-order valence-electron chi connectivity index (χ3n) is 4.80. The zero-order valence-electron chi connectivity index (χ0n) is 16.0. The number of hydrogen-bond donors (Lipinski definition) is 1. The highest BCUT2D eigenvalue weighted by Gasteiger charge is 2.43. The SMILES string of the molecule is CCOC(=O)C(C(c1ccc(OC)cc1)c1c(C)[nH]c2ccccc12)[N+](=O)[O-]. The third-order valence-corrected chi connectivity index (χ3v) is 4.80. The number of H-pyrrole nitrogens is 1. The van der Waals surface area contributed by atoms with Crippen molar-refractivity contribution in [2.75, 3.05) is 13.7 Å². The normalized spacial score (nSPS) is 13.1. The van der Waals surface area contributed by atoms with Gasteiger partial charge in [0.1, 0.15) is 5.75 Å². The summed E-state index contributed by atoms with van der Waals surface area (Å²) in [6.07, 6.45) is 0. The largest absolute Gasteiger partial charge is 0.497 e. The average Bonchev–Trinajstić information content (AvgIpc) is 3.01. The van der Waals surface area contributed by atoms with E-state index < -0.39 is 22.9 Å². The predicted molar refractivity (Wildman–Crippen MR) is 105 cm³/mol. The number of nitrogens with one attached hydrogen (secondary N) is 1. The summed E-state index contributed by atoms with van der Waals surface area (Å²) in [5, 5.41) is 12.8. The maximum Gasteiger partial charge on any atom is 0.382 e. The van der Waals surface area contributed by atoms with Crippen LogP contribution < -0.4 is 4.74 Å². The molecule has 0 saturated heterocycles. The van der Waals surface area contributed by atoms with Crippen LogP contribution in [-0.4, -0.2) is 35.6 Å². The van der Waals surface area contributed by atoms with E-state index in [1.165, 1.54) is 0 Å². The van der Waals surface area contributed by atoms with Gasteiger partial charge in [0.2, 0.25) is 0 Å². The number of aromatic nitrogens is 1. The highest BCUT2D eigenvalue weighted by Crippen LogP contribution is 2.37. The van der Waals surface area contributed by atoms with Crippen LogP contribution in [0, 0.1) is 17.0 Å². The number of carbonyl (C=O) groups is 1. The minimum atomic E-state index is -1.56. The molecule has 1 aromatic heterocycles. The lowest BCUT2D eigenvalue weighted by molar-refractivity contribution is -0.513. The molecule has 0 radical (unpaired) electrons. The van der Waals surface area contributed by atoms with E-state index in [-0.39, 0.29) is 6.61 Å². The van der Waals surface area contributed by atoms with E-state index in [9.17, 15) is 14.9 Å². The second kappa shape index (κ2) is 8.12. The Bertz CT molecular complexity index is 994. The molecule has 0 saturated carbocycles. The Hall–Kier alpha value is -3.35. The van der Waals surface area contributed by atoms with Gasteiger partial charge >= 0.3 is 12.0 Å². The Balaban J connectivity index is 2.24. The van der Waals surface area contributed by atoms with Crippen molar-refractivity contribution >= 4 is 16.9 Å². The molecule has 3 rings (SSSR count). The topological polar surface area (TPSA) is 94.5 Å². The monoisotopic (exact) mass is 382 g/mol. The Morgan fingerprint density at radius 1 is 1.18 bits per heavy atom. The fraction of sp³-hybridized carbons (Fsp3) is 0.286. The molecule has 0 aliphatic rings. The number of aromatic amines is 1. The Kier molecular flexibility index (Phi) is 5.63. The minimum Gasteiger partial charge on any atom is -0.497 e. The standard InChI is InChI=1S/C21H22N2O5/c1-4-28-21(24)20(23(25)26)19(14-9-11-15(27-3)12-10-14)18-13(2)22-17-8-6-5-7-16(17)18/h5-12,19-20,22H,4H2,1-3H3. The van der Waals surface area contributed by atoms with Gasteiger partial charge in [-0.15, -0.1) is 0 Å². The van der Waals surface area contributed by atoms with Crippen LogP contribution in [-0.2, 0) is 9.53 Å². The molecule has 2 unspecified atom stereocenters. The van der Waals surface area contributed by atoms with Crippen molar-refractivity contribution < 1.29 is 19.2 Å². The molecule has 7 nitrogen and oxygen atoms in total. The van der Waals surface area contributed by atoms with Gasteiger partial charge in [-0.1, -0.05) is 30.3 Å². The molecule has 0 bridgehead atoms. The number of esters is 1. The molecule has 0 spiro atoms. The summed E-state index contributed by atoms with van der Waals surface area (Å²) in [5.74, 6) is -1.03. The van der Waals surface area contributed by atoms with Gasteiger partial charge in [0.05, 0.1) is 19.6 Å². The number of hydrogen-bond acceptors (Lipinski definition) is 5. The quantitative estimate of drug-likeness (QED) is 0.381. The Labute approximate surface area is 162 Å². The van der Waals surface area contributed by atoms with Crippen molar-refractivity contribution in [3.8, 4) is 5.75 Å².